The van der Waals surface area contributed by atoms with Crippen molar-refractivity contribution in [2.75, 3.05) is 20.1 Å². The third-order valence-corrected chi connectivity index (χ3v) is 4.39. The molecule has 1 unspecified atom stereocenters. The summed E-state index contributed by atoms with van der Waals surface area (Å²) >= 11 is 0. The minimum atomic E-state index is -1.24. The highest BCUT2D eigenvalue weighted by molar-refractivity contribution is 6.21. The van der Waals surface area contributed by atoms with E-state index in [1.165, 1.54) is 24.1 Å². The average molecular weight is 403 g/mol. The molecule has 0 spiro atoms. The molecule has 0 N–H and O–H groups in total. The summed E-state index contributed by atoms with van der Waals surface area (Å²) in [6.07, 6.45) is -0.872. The van der Waals surface area contributed by atoms with Crippen molar-refractivity contribution in [3.63, 3.8) is 0 Å². The molecule has 29 heavy (non-hydrogen) atoms. The van der Waals surface area contributed by atoms with Crippen molar-refractivity contribution in [3.05, 3.63) is 35.4 Å². The maximum absolute atomic E-state index is 12.8. The van der Waals surface area contributed by atoms with Crippen molar-refractivity contribution in [2.45, 2.75) is 32.4 Å². The zero-order valence-electron chi connectivity index (χ0n) is 16.5. The highest BCUT2D eigenvalue weighted by Gasteiger charge is 2.45. The fourth-order valence-corrected chi connectivity index (χ4v) is 2.95. The fourth-order valence-electron chi connectivity index (χ4n) is 2.95. The lowest BCUT2D eigenvalue weighted by atomic mass is 10.1. The van der Waals surface area contributed by atoms with Crippen LogP contribution in [0.1, 0.15) is 41.5 Å². The number of rotatable bonds is 2. The molecule has 2 aliphatic heterocycles. The normalized spacial score (nSPS) is 19.4. The number of benzene rings is 1. The number of amides is 4. The number of fused-ring (bicyclic) bond motifs is 1. The highest BCUT2D eigenvalue weighted by Crippen LogP contribution is 2.24. The highest BCUT2D eigenvalue weighted by atomic mass is 16.7. The molecule has 2 aliphatic rings. The number of nitrogens with zero attached hydrogens (tertiary/aromatic N) is 3. The number of ether oxygens (including phenoxy) is 1. The van der Waals surface area contributed by atoms with Crippen molar-refractivity contribution in [3.8, 4) is 0 Å². The Morgan fingerprint density at radius 3 is 2.10 bits per heavy atom. The standard InChI is InChI=1S/C19H21N3O7/c1-19(2,3)28-18(27)21-10-14(23)20(4)9-13(21)17(26)29-22-15(24)11-7-5-6-8-12(11)16(22)25/h5-8,13H,9-10H2,1-4H3. The molecular weight excluding hydrogens is 382 g/mol. The molecular formula is C19H21N3O7. The van der Waals surface area contributed by atoms with E-state index >= 15 is 0 Å². The molecule has 1 fully saturated rings. The van der Waals surface area contributed by atoms with Gasteiger partial charge in [0.2, 0.25) is 5.91 Å². The molecule has 0 radical (unpaired) electrons. The van der Waals surface area contributed by atoms with Gasteiger partial charge in [0.15, 0.2) is 6.04 Å². The van der Waals surface area contributed by atoms with Crippen LogP contribution in [0.3, 0.4) is 0 Å². The van der Waals surface area contributed by atoms with Crippen LogP contribution in [0.2, 0.25) is 0 Å². The van der Waals surface area contributed by atoms with E-state index in [0.29, 0.717) is 5.06 Å². The quantitative estimate of drug-likeness (QED) is 0.672. The van der Waals surface area contributed by atoms with Crippen LogP contribution in [0.25, 0.3) is 0 Å². The number of likely N-dealkylation sites (N-methyl/N-ethyl adjacent to an activating group) is 1. The van der Waals surface area contributed by atoms with Gasteiger partial charge in [-0.25, -0.2) is 9.59 Å². The minimum Gasteiger partial charge on any atom is -0.444 e. The third kappa shape index (κ3) is 3.91. The number of imide groups is 1. The Morgan fingerprint density at radius 1 is 1.03 bits per heavy atom. The van der Waals surface area contributed by atoms with Gasteiger partial charge in [-0.05, 0) is 32.9 Å². The predicted molar refractivity (Wildman–Crippen MR) is 97.4 cm³/mol. The second kappa shape index (κ2) is 7.19. The molecule has 0 aliphatic carbocycles. The summed E-state index contributed by atoms with van der Waals surface area (Å²) in [5, 5.41) is 0.372. The Balaban J connectivity index is 1.80. The zero-order valence-corrected chi connectivity index (χ0v) is 16.5. The SMILES string of the molecule is CN1CC(C(=O)ON2C(=O)c3ccccc3C2=O)N(C(=O)OC(C)(C)C)CC1=O. The smallest absolute Gasteiger partial charge is 0.411 e. The molecule has 0 aromatic heterocycles. The Kier molecular flexibility index (Phi) is 5.04. The first-order valence-electron chi connectivity index (χ1n) is 8.93. The maximum Gasteiger partial charge on any atom is 0.411 e. The number of hydrogen-bond donors (Lipinski definition) is 0. The summed E-state index contributed by atoms with van der Waals surface area (Å²) in [4.78, 5) is 69.4. The van der Waals surface area contributed by atoms with Crippen LogP contribution in [0.15, 0.2) is 24.3 Å². The van der Waals surface area contributed by atoms with Crippen molar-refractivity contribution >= 4 is 29.8 Å². The van der Waals surface area contributed by atoms with Gasteiger partial charge in [-0.3, -0.25) is 19.3 Å². The van der Waals surface area contributed by atoms with Crippen LogP contribution in [0.5, 0.6) is 0 Å². The maximum atomic E-state index is 12.8. The van der Waals surface area contributed by atoms with E-state index in [-0.39, 0.29) is 23.6 Å². The molecule has 154 valence electrons. The van der Waals surface area contributed by atoms with Crippen LogP contribution in [-0.4, -0.2) is 76.4 Å². The third-order valence-electron chi connectivity index (χ3n) is 4.39. The fraction of sp³-hybridized carbons (Fsp3) is 0.421. The van der Waals surface area contributed by atoms with E-state index < -0.39 is 42.1 Å². The second-order valence-corrected chi connectivity index (χ2v) is 7.76. The first-order valence-corrected chi connectivity index (χ1v) is 8.93. The van der Waals surface area contributed by atoms with E-state index in [2.05, 4.69) is 0 Å². The molecule has 1 aromatic carbocycles. The number of carbonyl (C=O) groups is 5. The molecule has 1 aromatic rings. The average Bonchev–Trinajstić information content (AvgIpc) is 2.87. The molecule has 2 heterocycles. The van der Waals surface area contributed by atoms with Crippen molar-refractivity contribution in [2.24, 2.45) is 0 Å². The van der Waals surface area contributed by atoms with E-state index in [1.54, 1.807) is 32.9 Å². The van der Waals surface area contributed by atoms with Gasteiger partial charge in [-0.15, -0.1) is 0 Å². The summed E-state index contributed by atoms with van der Waals surface area (Å²) in [7, 11) is 1.47. The van der Waals surface area contributed by atoms with E-state index in [9.17, 15) is 24.0 Å². The van der Waals surface area contributed by atoms with Gasteiger partial charge in [0, 0.05) is 7.05 Å². The van der Waals surface area contributed by atoms with Crippen molar-refractivity contribution in [1.29, 1.82) is 0 Å². The summed E-state index contributed by atoms with van der Waals surface area (Å²) in [6, 6.07) is 4.83. The van der Waals surface area contributed by atoms with Crippen LogP contribution in [0, 0.1) is 0 Å². The predicted octanol–water partition coefficient (Wildman–Crippen LogP) is 0.818. The molecule has 1 atom stereocenters. The Morgan fingerprint density at radius 2 is 1.59 bits per heavy atom. The van der Waals surface area contributed by atoms with E-state index in [1.807, 2.05) is 0 Å². The lowest BCUT2D eigenvalue weighted by molar-refractivity contribution is -0.177. The second-order valence-electron chi connectivity index (χ2n) is 7.76. The van der Waals surface area contributed by atoms with Crippen LogP contribution in [-0.2, 0) is 19.2 Å². The number of carbonyl (C=O) groups excluding carboxylic acids is 5. The van der Waals surface area contributed by atoms with Crippen LogP contribution in [0.4, 0.5) is 4.79 Å². The minimum absolute atomic E-state index is 0.116. The molecule has 1 saturated heterocycles. The topological polar surface area (TPSA) is 114 Å². The van der Waals surface area contributed by atoms with Gasteiger partial charge in [0.1, 0.15) is 12.1 Å². The molecule has 10 heteroatoms. The number of hydroxylamine groups is 2. The van der Waals surface area contributed by atoms with Crippen molar-refractivity contribution < 1.29 is 33.5 Å². The van der Waals surface area contributed by atoms with Crippen molar-refractivity contribution in [1.82, 2.24) is 14.9 Å². The van der Waals surface area contributed by atoms with Gasteiger partial charge in [0.25, 0.3) is 11.8 Å². The summed E-state index contributed by atoms with van der Waals surface area (Å²) in [5.41, 5.74) is -0.615. The van der Waals surface area contributed by atoms with Gasteiger partial charge in [-0.1, -0.05) is 17.2 Å². The van der Waals surface area contributed by atoms with Crippen LogP contribution < -0.4 is 0 Å². The monoisotopic (exact) mass is 403 g/mol. The lowest BCUT2D eigenvalue weighted by Gasteiger charge is -2.38. The first kappa shape index (κ1) is 20.3. The molecule has 0 saturated carbocycles. The summed E-state index contributed by atoms with van der Waals surface area (Å²) in [6.45, 7) is 4.38. The molecule has 10 nitrogen and oxygen atoms in total. The van der Waals surface area contributed by atoms with E-state index in [4.69, 9.17) is 9.57 Å². The summed E-state index contributed by atoms with van der Waals surface area (Å²) < 4.78 is 5.27. The van der Waals surface area contributed by atoms with Gasteiger partial charge in [0.05, 0.1) is 17.7 Å². The Bertz CT molecular complexity index is 870. The van der Waals surface area contributed by atoms with E-state index in [0.717, 1.165) is 4.90 Å². The number of hydrogen-bond acceptors (Lipinski definition) is 7. The summed E-state index contributed by atoms with van der Waals surface area (Å²) in [5.74, 6) is -2.96. The first-order chi connectivity index (χ1) is 13.5. The zero-order chi connectivity index (χ0) is 21.5. The number of piperazine rings is 1. The van der Waals surface area contributed by atoms with Gasteiger partial charge in [-0.2, -0.15) is 0 Å². The van der Waals surface area contributed by atoms with Gasteiger partial charge < -0.3 is 14.5 Å². The van der Waals surface area contributed by atoms with Gasteiger partial charge >= 0.3 is 12.1 Å². The molecule has 4 amide bonds. The largest absolute Gasteiger partial charge is 0.444 e. The molecule has 3 rings (SSSR count). The lowest BCUT2D eigenvalue weighted by Crippen LogP contribution is -2.61. The Hall–Kier alpha value is -3.43. The van der Waals surface area contributed by atoms with Crippen LogP contribution >= 0.6 is 0 Å². The Labute approximate surface area is 166 Å². The molecule has 0 bridgehead atoms.